The lowest BCUT2D eigenvalue weighted by Crippen LogP contribution is -2.55. The van der Waals surface area contributed by atoms with Crippen LogP contribution < -0.4 is 15.0 Å². The van der Waals surface area contributed by atoms with E-state index in [1.165, 1.54) is 12.5 Å². The number of benzene rings is 1. The summed E-state index contributed by atoms with van der Waals surface area (Å²) in [5.41, 5.74) is 0.417. The molecule has 0 spiro atoms. The lowest BCUT2D eigenvalue weighted by atomic mass is 9.90. The first-order chi connectivity index (χ1) is 18.5. The number of amides is 1. The summed E-state index contributed by atoms with van der Waals surface area (Å²) in [4.78, 5) is 27.7. The SMILES string of the molecule is O=C(Cc1ccc(OCC[C@@H]2C[C@@H]2C2CCN(c3ncc(Cl)cn3)CC2)cc1F)N1CCN2C=CNC2C1. The molecule has 0 bridgehead atoms. The van der Waals surface area contributed by atoms with Crippen LogP contribution in [-0.4, -0.2) is 71.2 Å². The molecular weight excluding hydrogens is 507 g/mol. The number of hydrogen-bond donors (Lipinski definition) is 1. The van der Waals surface area contributed by atoms with E-state index in [2.05, 4.69) is 25.1 Å². The predicted molar refractivity (Wildman–Crippen MR) is 143 cm³/mol. The first kappa shape index (κ1) is 25.2. The summed E-state index contributed by atoms with van der Waals surface area (Å²) in [6.07, 6.45) is 12.0. The van der Waals surface area contributed by atoms with Crippen molar-refractivity contribution in [2.75, 3.05) is 44.2 Å². The number of piperazine rings is 1. The maximum atomic E-state index is 14.8. The molecule has 38 heavy (non-hydrogen) atoms. The Bertz CT molecular complexity index is 1170. The minimum absolute atomic E-state index is 0.0442. The molecule has 2 saturated heterocycles. The molecule has 3 atom stereocenters. The second-order valence-corrected chi connectivity index (χ2v) is 11.3. The van der Waals surface area contributed by atoms with Crippen LogP contribution in [0.5, 0.6) is 5.75 Å². The molecule has 0 radical (unpaired) electrons. The zero-order chi connectivity index (χ0) is 26.1. The standard InChI is InChI=1S/C28H34ClFN6O2/c29-22-16-32-28(33-17-22)35-7-3-19(4-8-35)24-13-20(24)5-12-38-23-2-1-21(25(30)15-23)14-27(37)36-11-10-34-9-6-31-26(34)18-36/h1-2,6,9,15-17,19-20,24,26,31H,3-5,7-8,10-14,18H2/t20-,24-,26?/m1/s1. The van der Waals surface area contributed by atoms with Crippen LogP contribution in [0.2, 0.25) is 5.02 Å². The van der Waals surface area contributed by atoms with Crippen LogP contribution in [0.25, 0.3) is 0 Å². The molecule has 10 heteroatoms. The van der Waals surface area contributed by atoms with Gasteiger partial charge in [0.05, 0.1) is 37.0 Å². The maximum Gasteiger partial charge on any atom is 0.227 e. The molecule has 2 aromatic rings. The molecular formula is C28H34ClFN6O2. The molecule has 1 N–H and O–H groups in total. The van der Waals surface area contributed by atoms with E-state index in [1.807, 2.05) is 17.3 Å². The van der Waals surface area contributed by atoms with Gasteiger partial charge in [-0.15, -0.1) is 0 Å². The van der Waals surface area contributed by atoms with E-state index >= 15 is 0 Å². The van der Waals surface area contributed by atoms with E-state index in [0.29, 0.717) is 41.9 Å². The zero-order valence-corrected chi connectivity index (χ0v) is 22.2. The second-order valence-electron chi connectivity index (χ2n) is 10.8. The van der Waals surface area contributed by atoms with Gasteiger partial charge in [-0.25, -0.2) is 14.4 Å². The summed E-state index contributed by atoms with van der Waals surface area (Å²) < 4.78 is 20.7. The molecule has 1 unspecified atom stereocenters. The van der Waals surface area contributed by atoms with Crippen molar-refractivity contribution < 1.29 is 13.9 Å². The van der Waals surface area contributed by atoms with Crippen LogP contribution in [0.15, 0.2) is 43.0 Å². The van der Waals surface area contributed by atoms with Crippen LogP contribution in [0.4, 0.5) is 10.3 Å². The van der Waals surface area contributed by atoms with E-state index in [1.54, 1.807) is 24.5 Å². The van der Waals surface area contributed by atoms with Crippen LogP contribution in [0.1, 0.15) is 31.2 Å². The Morgan fingerprint density at radius 2 is 1.97 bits per heavy atom. The monoisotopic (exact) mass is 540 g/mol. The van der Waals surface area contributed by atoms with Gasteiger partial charge < -0.3 is 24.8 Å². The third-order valence-corrected chi connectivity index (χ3v) is 8.66. The van der Waals surface area contributed by atoms with Gasteiger partial charge in [0.2, 0.25) is 11.9 Å². The van der Waals surface area contributed by atoms with Crippen LogP contribution in [-0.2, 0) is 11.2 Å². The third kappa shape index (κ3) is 5.67. The van der Waals surface area contributed by atoms with E-state index < -0.39 is 0 Å². The van der Waals surface area contributed by atoms with Crippen molar-refractivity contribution in [2.24, 2.45) is 17.8 Å². The number of ether oxygens (including phenoxy) is 1. The number of nitrogens with one attached hydrogen (secondary N) is 1. The Morgan fingerprint density at radius 3 is 2.76 bits per heavy atom. The lowest BCUT2D eigenvalue weighted by Gasteiger charge is -2.38. The Hall–Kier alpha value is -3.07. The Morgan fingerprint density at radius 1 is 1.16 bits per heavy atom. The summed E-state index contributed by atoms with van der Waals surface area (Å²) in [5, 5.41) is 3.80. The van der Waals surface area contributed by atoms with Crippen molar-refractivity contribution in [3.05, 3.63) is 59.4 Å². The third-order valence-electron chi connectivity index (χ3n) is 8.46. The van der Waals surface area contributed by atoms with Gasteiger partial charge >= 0.3 is 0 Å². The fraction of sp³-hybridized carbons (Fsp3) is 0.536. The average molecular weight is 541 g/mol. The Kier molecular flexibility index (Phi) is 7.28. The molecule has 3 fully saturated rings. The van der Waals surface area contributed by atoms with Gasteiger partial charge in [-0.2, -0.15) is 0 Å². The van der Waals surface area contributed by atoms with Crippen LogP contribution in [0, 0.1) is 23.6 Å². The molecule has 4 aliphatic rings. The van der Waals surface area contributed by atoms with Crippen molar-refractivity contribution in [2.45, 2.75) is 38.3 Å². The van der Waals surface area contributed by atoms with E-state index in [9.17, 15) is 9.18 Å². The van der Waals surface area contributed by atoms with Crippen LogP contribution >= 0.6 is 11.6 Å². The first-order valence-electron chi connectivity index (χ1n) is 13.6. The molecule has 1 aromatic heterocycles. The number of carbonyl (C=O) groups excluding carboxylic acids is 1. The number of rotatable bonds is 8. The Labute approximate surface area is 227 Å². The van der Waals surface area contributed by atoms with Crippen molar-refractivity contribution in [3.63, 3.8) is 0 Å². The normalized spacial score (nSPS) is 24.8. The molecule has 1 aromatic carbocycles. The number of anilines is 1. The van der Waals surface area contributed by atoms with E-state index in [-0.39, 0.29) is 24.3 Å². The van der Waals surface area contributed by atoms with Crippen molar-refractivity contribution in [1.82, 2.24) is 25.1 Å². The van der Waals surface area contributed by atoms with Gasteiger partial charge in [0.15, 0.2) is 0 Å². The highest BCUT2D eigenvalue weighted by atomic mass is 35.5. The summed E-state index contributed by atoms with van der Waals surface area (Å²) in [7, 11) is 0. The number of fused-ring (bicyclic) bond motifs is 1. The molecule has 1 amide bonds. The van der Waals surface area contributed by atoms with Gasteiger partial charge in [-0.3, -0.25) is 4.79 Å². The highest BCUT2D eigenvalue weighted by Crippen LogP contribution is 2.49. The molecule has 202 valence electrons. The Balaban J connectivity index is 0.912. The van der Waals surface area contributed by atoms with Gasteiger partial charge in [-0.05, 0) is 55.1 Å². The zero-order valence-electron chi connectivity index (χ0n) is 21.4. The fourth-order valence-electron chi connectivity index (χ4n) is 6.14. The average Bonchev–Trinajstić information content (AvgIpc) is 3.55. The lowest BCUT2D eigenvalue weighted by molar-refractivity contribution is -0.133. The molecule has 1 aliphatic carbocycles. The number of nitrogens with zero attached hydrogens (tertiary/aromatic N) is 5. The van der Waals surface area contributed by atoms with E-state index in [4.69, 9.17) is 16.3 Å². The molecule has 3 aliphatic heterocycles. The predicted octanol–water partition coefficient (Wildman–Crippen LogP) is 3.68. The second kappa shape index (κ2) is 11.0. The van der Waals surface area contributed by atoms with Gasteiger partial charge in [-0.1, -0.05) is 17.7 Å². The smallest absolute Gasteiger partial charge is 0.227 e. The molecule has 8 nitrogen and oxygen atoms in total. The van der Waals surface area contributed by atoms with Crippen LogP contribution in [0.3, 0.4) is 0 Å². The number of carbonyl (C=O) groups is 1. The van der Waals surface area contributed by atoms with E-state index in [0.717, 1.165) is 56.7 Å². The van der Waals surface area contributed by atoms with Crippen molar-refractivity contribution in [3.8, 4) is 5.75 Å². The number of hydrogen-bond acceptors (Lipinski definition) is 7. The van der Waals surface area contributed by atoms with Gasteiger partial charge in [0, 0.05) is 44.6 Å². The summed E-state index contributed by atoms with van der Waals surface area (Å²) in [6, 6.07) is 4.89. The quantitative estimate of drug-likeness (QED) is 0.547. The highest BCUT2D eigenvalue weighted by molar-refractivity contribution is 6.30. The number of halogens is 2. The summed E-state index contributed by atoms with van der Waals surface area (Å²) in [6.45, 7) is 4.59. The van der Waals surface area contributed by atoms with Crippen molar-refractivity contribution in [1.29, 1.82) is 0 Å². The first-order valence-corrected chi connectivity index (χ1v) is 14.0. The number of piperidine rings is 1. The minimum atomic E-state index is -0.379. The minimum Gasteiger partial charge on any atom is -0.493 e. The van der Waals surface area contributed by atoms with Crippen molar-refractivity contribution >= 4 is 23.5 Å². The largest absolute Gasteiger partial charge is 0.493 e. The highest BCUT2D eigenvalue weighted by Gasteiger charge is 2.43. The summed E-state index contributed by atoms with van der Waals surface area (Å²) in [5.74, 6) is 3.05. The summed E-state index contributed by atoms with van der Waals surface area (Å²) >= 11 is 5.90. The fourth-order valence-corrected chi connectivity index (χ4v) is 6.24. The number of aromatic nitrogens is 2. The topological polar surface area (TPSA) is 73.8 Å². The van der Waals surface area contributed by atoms with Gasteiger partial charge in [0.25, 0.3) is 0 Å². The maximum absolute atomic E-state index is 14.8. The molecule has 4 heterocycles. The molecule has 6 rings (SSSR count). The van der Waals surface area contributed by atoms with Gasteiger partial charge in [0.1, 0.15) is 17.7 Å². The molecule has 1 saturated carbocycles.